The van der Waals surface area contributed by atoms with Gasteiger partial charge in [-0.15, -0.1) is 0 Å². The molecule has 0 radical (unpaired) electrons. The van der Waals surface area contributed by atoms with Gasteiger partial charge in [-0.25, -0.2) is 9.97 Å². The Hall–Kier alpha value is -2.48. The van der Waals surface area contributed by atoms with E-state index in [1.807, 2.05) is 18.9 Å². The summed E-state index contributed by atoms with van der Waals surface area (Å²) in [6, 6.07) is 1.76. The van der Waals surface area contributed by atoms with E-state index in [1.54, 1.807) is 29.3 Å². The Kier molecular flexibility index (Phi) is 4.98. The van der Waals surface area contributed by atoms with Gasteiger partial charge in [0.05, 0.1) is 12.7 Å². The van der Waals surface area contributed by atoms with Crippen molar-refractivity contribution in [2.45, 2.75) is 31.8 Å². The number of hydrogen-bond acceptors (Lipinski definition) is 6. The number of carbonyl (C=O) groups is 1. The third-order valence-corrected chi connectivity index (χ3v) is 4.74. The summed E-state index contributed by atoms with van der Waals surface area (Å²) in [5.74, 6) is 0.544. The fourth-order valence-electron chi connectivity index (χ4n) is 3.02. The average molecular weight is 344 g/mol. The smallest absolute Gasteiger partial charge is 0.225 e. The van der Waals surface area contributed by atoms with E-state index in [4.69, 9.17) is 0 Å². The molecule has 3 heterocycles. The van der Waals surface area contributed by atoms with Crippen molar-refractivity contribution in [3.05, 3.63) is 35.9 Å². The topological polar surface area (TPSA) is 96.2 Å². The second-order valence-electron chi connectivity index (χ2n) is 6.60. The van der Waals surface area contributed by atoms with E-state index >= 15 is 0 Å². The highest BCUT2D eigenvalue weighted by atomic mass is 16.3. The molecule has 0 bridgehead atoms. The number of nitrogens with one attached hydrogen (secondary N) is 1. The molecule has 0 saturated carbocycles. The fraction of sp³-hybridized carbons (Fsp3) is 0.529. The number of nitrogens with zero attached hydrogens (tertiary/aromatic N) is 5. The second kappa shape index (κ2) is 7.18. The van der Waals surface area contributed by atoms with E-state index in [0.717, 1.165) is 11.3 Å². The summed E-state index contributed by atoms with van der Waals surface area (Å²) >= 11 is 0. The van der Waals surface area contributed by atoms with Crippen molar-refractivity contribution in [1.29, 1.82) is 0 Å². The summed E-state index contributed by atoms with van der Waals surface area (Å²) in [5, 5.41) is 17.7. The third kappa shape index (κ3) is 4.14. The molecule has 1 atom stereocenters. The molecule has 0 spiro atoms. The summed E-state index contributed by atoms with van der Waals surface area (Å²) < 4.78 is 1.80. The van der Waals surface area contributed by atoms with Gasteiger partial charge in [0.1, 0.15) is 5.60 Å². The molecular weight excluding hydrogens is 320 g/mol. The van der Waals surface area contributed by atoms with Gasteiger partial charge in [0, 0.05) is 44.6 Å². The van der Waals surface area contributed by atoms with E-state index in [2.05, 4.69) is 20.4 Å². The summed E-state index contributed by atoms with van der Waals surface area (Å²) in [6.07, 6.45) is 6.77. The zero-order valence-electron chi connectivity index (χ0n) is 14.6. The van der Waals surface area contributed by atoms with E-state index in [9.17, 15) is 9.90 Å². The summed E-state index contributed by atoms with van der Waals surface area (Å²) in [4.78, 5) is 22.4. The van der Waals surface area contributed by atoms with Crippen molar-refractivity contribution in [2.24, 2.45) is 7.05 Å². The first kappa shape index (κ1) is 17.3. The van der Waals surface area contributed by atoms with Crippen molar-refractivity contribution in [1.82, 2.24) is 25.1 Å². The molecule has 2 aromatic rings. The van der Waals surface area contributed by atoms with Crippen molar-refractivity contribution < 1.29 is 9.90 Å². The molecule has 1 unspecified atom stereocenters. The van der Waals surface area contributed by atoms with Gasteiger partial charge in [-0.2, -0.15) is 5.10 Å². The summed E-state index contributed by atoms with van der Waals surface area (Å²) in [6.45, 7) is 3.31. The SMILES string of the molecule is Cc1c(CCC(=O)NCC2(O)CCN(c3ncccn3)C2)cnn1C. The highest BCUT2D eigenvalue weighted by molar-refractivity contribution is 5.76. The Balaban J connectivity index is 1.46. The van der Waals surface area contributed by atoms with Crippen LogP contribution >= 0.6 is 0 Å². The molecule has 1 fully saturated rings. The minimum absolute atomic E-state index is 0.0638. The largest absolute Gasteiger partial charge is 0.386 e. The van der Waals surface area contributed by atoms with Crippen LogP contribution in [0.4, 0.5) is 5.95 Å². The minimum Gasteiger partial charge on any atom is -0.386 e. The molecule has 2 N–H and O–H groups in total. The van der Waals surface area contributed by atoms with Crippen LogP contribution in [0, 0.1) is 6.92 Å². The van der Waals surface area contributed by atoms with Crippen LogP contribution in [0.1, 0.15) is 24.1 Å². The molecule has 1 amide bonds. The number of hydrogen-bond donors (Lipinski definition) is 2. The average Bonchev–Trinajstić information content (AvgIpc) is 3.16. The third-order valence-electron chi connectivity index (χ3n) is 4.74. The molecule has 3 rings (SSSR count). The minimum atomic E-state index is -0.945. The molecule has 134 valence electrons. The van der Waals surface area contributed by atoms with Gasteiger partial charge < -0.3 is 15.3 Å². The Morgan fingerprint density at radius 1 is 1.40 bits per heavy atom. The molecule has 25 heavy (non-hydrogen) atoms. The van der Waals surface area contributed by atoms with Gasteiger partial charge in [-0.1, -0.05) is 0 Å². The number of anilines is 1. The van der Waals surface area contributed by atoms with E-state index in [0.29, 0.717) is 38.3 Å². The number of carbonyl (C=O) groups excluding carboxylic acids is 1. The first-order valence-electron chi connectivity index (χ1n) is 8.45. The standard InChI is InChI=1S/C17H24N6O2/c1-13-14(10-21-22(13)2)4-5-15(24)20-11-17(25)6-9-23(12-17)16-18-7-3-8-19-16/h3,7-8,10,25H,4-6,9,11-12H2,1-2H3,(H,20,24). The van der Waals surface area contributed by atoms with Crippen LogP contribution in [0.2, 0.25) is 0 Å². The lowest BCUT2D eigenvalue weighted by Gasteiger charge is -2.23. The lowest BCUT2D eigenvalue weighted by atomic mass is 10.0. The quantitative estimate of drug-likeness (QED) is 0.778. The lowest BCUT2D eigenvalue weighted by molar-refractivity contribution is -0.122. The monoisotopic (exact) mass is 344 g/mol. The normalized spacial score (nSPS) is 20.0. The molecule has 1 saturated heterocycles. The molecule has 1 aliphatic rings. The number of aryl methyl sites for hydroxylation is 2. The second-order valence-corrected chi connectivity index (χ2v) is 6.60. The first-order chi connectivity index (χ1) is 12.0. The molecule has 2 aromatic heterocycles. The number of aromatic nitrogens is 4. The molecule has 1 aliphatic heterocycles. The van der Waals surface area contributed by atoms with Crippen LogP contribution in [0.15, 0.2) is 24.7 Å². The first-order valence-corrected chi connectivity index (χ1v) is 8.45. The van der Waals surface area contributed by atoms with Crippen molar-refractivity contribution in [3.63, 3.8) is 0 Å². The van der Waals surface area contributed by atoms with Gasteiger partial charge in [0.15, 0.2) is 0 Å². The van der Waals surface area contributed by atoms with E-state index in [-0.39, 0.29) is 12.5 Å². The van der Waals surface area contributed by atoms with Crippen LogP contribution in [-0.4, -0.2) is 56.0 Å². The molecule has 0 aromatic carbocycles. The van der Waals surface area contributed by atoms with Crippen molar-refractivity contribution in [2.75, 3.05) is 24.5 Å². The van der Waals surface area contributed by atoms with Crippen LogP contribution in [0.3, 0.4) is 0 Å². The maximum atomic E-state index is 12.1. The predicted molar refractivity (Wildman–Crippen MR) is 93.1 cm³/mol. The van der Waals surface area contributed by atoms with Crippen LogP contribution in [0.5, 0.6) is 0 Å². The van der Waals surface area contributed by atoms with Crippen LogP contribution in [-0.2, 0) is 18.3 Å². The van der Waals surface area contributed by atoms with Crippen LogP contribution < -0.4 is 10.2 Å². The fourth-order valence-corrected chi connectivity index (χ4v) is 3.02. The van der Waals surface area contributed by atoms with E-state index < -0.39 is 5.60 Å². The number of rotatable bonds is 6. The number of aliphatic hydroxyl groups is 1. The Morgan fingerprint density at radius 2 is 2.16 bits per heavy atom. The van der Waals surface area contributed by atoms with Gasteiger partial charge in [0.2, 0.25) is 11.9 Å². The zero-order chi connectivity index (χ0) is 17.9. The van der Waals surface area contributed by atoms with Gasteiger partial charge in [0.25, 0.3) is 0 Å². The highest BCUT2D eigenvalue weighted by Crippen LogP contribution is 2.23. The summed E-state index contributed by atoms with van der Waals surface area (Å²) in [7, 11) is 1.89. The van der Waals surface area contributed by atoms with Crippen molar-refractivity contribution >= 4 is 11.9 Å². The van der Waals surface area contributed by atoms with Crippen molar-refractivity contribution in [3.8, 4) is 0 Å². The zero-order valence-corrected chi connectivity index (χ0v) is 14.6. The lowest BCUT2D eigenvalue weighted by Crippen LogP contribution is -2.45. The molecule has 0 aliphatic carbocycles. The van der Waals surface area contributed by atoms with Crippen LogP contribution in [0.25, 0.3) is 0 Å². The Bertz CT molecular complexity index is 732. The summed E-state index contributed by atoms with van der Waals surface area (Å²) in [5.41, 5.74) is 1.20. The molecule has 8 heteroatoms. The van der Waals surface area contributed by atoms with Gasteiger partial charge in [-0.3, -0.25) is 9.48 Å². The number of β-amino-alcohol motifs (C(OH)–C–C–N with tert-alkyl or cyclic N) is 1. The molecule has 8 nitrogen and oxygen atoms in total. The van der Waals surface area contributed by atoms with Gasteiger partial charge >= 0.3 is 0 Å². The Morgan fingerprint density at radius 3 is 2.84 bits per heavy atom. The maximum absolute atomic E-state index is 12.1. The van der Waals surface area contributed by atoms with Gasteiger partial charge in [-0.05, 0) is 31.4 Å². The molecular formula is C17H24N6O2. The Labute approximate surface area is 146 Å². The predicted octanol–water partition coefficient (Wildman–Crippen LogP) is 0.209. The number of amides is 1. The highest BCUT2D eigenvalue weighted by Gasteiger charge is 2.37. The van der Waals surface area contributed by atoms with E-state index in [1.165, 1.54) is 0 Å². The maximum Gasteiger partial charge on any atom is 0.225 e.